The topological polar surface area (TPSA) is 53.3 Å². The molecule has 2 aliphatic rings. The first-order valence-electron chi connectivity index (χ1n) is 9.79. The van der Waals surface area contributed by atoms with E-state index in [1.54, 1.807) is 0 Å². The zero-order valence-corrected chi connectivity index (χ0v) is 16.6. The average molecular weight is 484 g/mol. The number of nitrogens with zero attached hydrogens (tertiary/aromatic N) is 2. The molecule has 1 fully saturated rings. The summed E-state index contributed by atoms with van der Waals surface area (Å²) >= 11 is 0. The maximum absolute atomic E-state index is 14.8. The van der Waals surface area contributed by atoms with Crippen molar-refractivity contribution in [2.45, 2.75) is 55.8 Å². The molecule has 1 aromatic carbocycles. The van der Waals surface area contributed by atoms with Crippen LogP contribution in [0.5, 0.6) is 0 Å². The second-order valence-corrected chi connectivity index (χ2v) is 7.82. The predicted octanol–water partition coefficient (Wildman–Crippen LogP) is 5.27. The van der Waals surface area contributed by atoms with Crippen molar-refractivity contribution in [3.63, 3.8) is 0 Å². The molecule has 180 valence electrons. The number of fused-ring (bicyclic) bond motifs is 1. The fraction of sp³-hybridized carbons (Fsp3) is 0.500. The van der Waals surface area contributed by atoms with Gasteiger partial charge in [0, 0.05) is 13.0 Å². The van der Waals surface area contributed by atoms with Gasteiger partial charge in [0.25, 0.3) is 5.92 Å². The first-order chi connectivity index (χ1) is 15.3. The highest BCUT2D eigenvalue weighted by Gasteiger charge is 2.58. The molecule has 3 atom stereocenters. The minimum absolute atomic E-state index is 0.153. The van der Waals surface area contributed by atoms with Crippen molar-refractivity contribution in [1.29, 1.82) is 0 Å². The van der Waals surface area contributed by atoms with E-state index in [2.05, 4.69) is 9.84 Å². The van der Waals surface area contributed by atoms with Crippen LogP contribution in [0.2, 0.25) is 0 Å². The smallest absolute Gasteiger partial charge is 0.435 e. The molecule has 0 N–H and O–H groups in total. The minimum Gasteiger partial charge on any atom is -0.447 e. The van der Waals surface area contributed by atoms with Crippen molar-refractivity contribution >= 4 is 5.97 Å². The van der Waals surface area contributed by atoms with Crippen LogP contribution in [-0.4, -0.2) is 40.6 Å². The number of ether oxygens (including phenoxy) is 2. The summed E-state index contributed by atoms with van der Waals surface area (Å²) in [5.74, 6) is -5.19. The molecule has 4 rings (SSSR count). The van der Waals surface area contributed by atoms with Gasteiger partial charge in [-0.25, -0.2) is 13.6 Å². The largest absolute Gasteiger partial charge is 0.447 e. The lowest BCUT2D eigenvalue weighted by molar-refractivity contribution is -0.235. The molecule has 1 aromatic heterocycles. The summed E-state index contributed by atoms with van der Waals surface area (Å²) in [5, 5.41) is 3.38. The third-order valence-corrected chi connectivity index (χ3v) is 5.57. The van der Waals surface area contributed by atoms with Crippen LogP contribution in [0.15, 0.2) is 30.3 Å². The number of rotatable bonds is 3. The van der Waals surface area contributed by atoms with E-state index in [4.69, 9.17) is 4.74 Å². The van der Waals surface area contributed by atoms with Gasteiger partial charge in [0.1, 0.15) is 0 Å². The Labute approximate surface area is 181 Å². The van der Waals surface area contributed by atoms with Crippen molar-refractivity contribution in [2.24, 2.45) is 0 Å². The highest BCUT2D eigenvalue weighted by molar-refractivity contribution is 5.89. The Balaban J connectivity index is 1.74. The van der Waals surface area contributed by atoms with Gasteiger partial charge in [-0.3, -0.25) is 4.68 Å². The minimum atomic E-state index is -5.21. The average Bonchev–Trinajstić information content (AvgIpc) is 3.21. The molecule has 2 heterocycles. The fourth-order valence-electron chi connectivity index (χ4n) is 4.10. The number of aromatic nitrogens is 2. The Morgan fingerprint density at radius 3 is 2.39 bits per heavy atom. The summed E-state index contributed by atoms with van der Waals surface area (Å²) in [5.41, 5.74) is -3.51. The molecular formula is C20H16F8N2O3. The second-order valence-electron chi connectivity index (χ2n) is 7.82. The lowest BCUT2D eigenvalue weighted by Crippen LogP contribution is -2.39. The summed E-state index contributed by atoms with van der Waals surface area (Å²) in [4.78, 5) is 12.3. The van der Waals surface area contributed by atoms with Crippen LogP contribution in [0.3, 0.4) is 0 Å². The molecule has 0 bridgehead atoms. The van der Waals surface area contributed by atoms with Gasteiger partial charge in [-0.1, -0.05) is 18.2 Å². The van der Waals surface area contributed by atoms with Crippen molar-refractivity contribution in [3.8, 4) is 0 Å². The number of alkyl halides is 8. The first-order valence-corrected chi connectivity index (χ1v) is 9.79. The van der Waals surface area contributed by atoms with E-state index in [0.29, 0.717) is 4.68 Å². The van der Waals surface area contributed by atoms with Crippen molar-refractivity contribution in [2.75, 3.05) is 6.61 Å². The highest BCUT2D eigenvalue weighted by Crippen LogP contribution is 2.51. The normalized spacial score (nSPS) is 25.0. The number of benzene rings is 1. The molecule has 1 saturated heterocycles. The van der Waals surface area contributed by atoms with E-state index >= 15 is 0 Å². The molecule has 0 saturated carbocycles. The molecule has 0 unspecified atom stereocenters. The van der Waals surface area contributed by atoms with Gasteiger partial charge in [0.15, 0.2) is 17.9 Å². The van der Waals surface area contributed by atoms with Crippen LogP contribution in [0.4, 0.5) is 35.1 Å². The Morgan fingerprint density at radius 1 is 1.12 bits per heavy atom. The van der Waals surface area contributed by atoms with Crippen LogP contribution in [0, 0.1) is 0 Å². The summed E-state index contributed by atoms with van der Waals surface area (Å²) in [7, 11) is 0. The van der Waals surface area contributed by atoms with Crippen molar-refractivity contribution in [3.05, 3.63) is 52.8 Å². The number of hydrogen-bond donors (Lipinski definition) is 0. The molecule has 0 radical (unpaired) electrons. The molecule has 0 spiro atoms. The van der Waals surface area contributed by atoms with Gasteiger partial charge in [-0.15, -0.1) is 0 Å². The lowest BCUT2D eigenvalue weighted by atomic mass is 10.0. The quantitative estimate of drug-likeness (QED) is 0.440. The number of carbonyl (C=O) groups excluding carboxylic acids is 1. The van der Waals surface area contributed by atoms with E-state index in [-0.39, 0.29) is 12.0 Å². The van der Waals surface area contributed by atoms with Gasteiger partial charge in [0.2, 0.25) is 0 Å². The predicted molar refractivity (Wildman–Crippen MR) is 94.5 cm³/mol. The SMILES string of the molecule is O=C(O[C@H]1c2c(C(F)(F)F)nn([C@H]3CCO[C@@H](C(F)(F)F)C3)c2CC1(F)F)c1ccccc1. The Kier molecular flexibility index (Phi) is 5.66. The van der Waals surface area contributed by atoms with Crippen LogP contribution >= 0.6 is 0 Å². The van der Waals surface area contributed by atoms with Gasteiger partial charge in [0.05, 0.1) is 29.3 Å². The molecule has 1 aliphatic carbocycles. The standard InChI is InChI=1S/C20H16F8N2O3/c21-18(22)9-12-14(16(18)33-17(31)10-4-2-1-3-5-10)15(20(26,27)28)29-30(12)11-6-7-32-13(8-11)19(23,24)25/h1-5,11,13,16H,6-9H2/t11-,13+,16-/m0/s1. The maximum atomic E-state index is 14.8. The van der Waals surface area contributed by atoms with E-state index < -0.39 is 78.9 Å². The molecule has 0 amide bonds. The van der Waals surface area contributed by atoms with E-state index in [9.17, 15) is 39.9 Å². The molecular weight excluding hydrogens is 468 g/mol. The van der Waals surface area contributed by atoms with Gasteiger partial charge in [-0.05, 0) is 18.6 Å². The van der Waals surface area contributed by atoms with Crippen LogP contribution < -0.4 is 0 Å². The van der Waals surface area contributed by atoms with Crippen LogP contribution in [0.1, 0.15) is 52.3 Å². The molecule has 33 heavy (non-hydrogen) atoms. The third-order valence-electron chi connectivity index (χ3n) is 5.57. The number of halogens is 8. The maximum Gasteiger partial charge on any atom is 0.435 e. The Hall–Kier alpha value is -2.70. The Bertz CT molecular complexity index is 1030. The molecule has 13 heteroatoms. The van der Waals surface area contributed by atoms with Gasteiger partial charge >= 0.3 is 18.3 Å². The molecule has 2 aromatic rings. The second kappa shape index (κ2) is 7.96. The monoisotopic (exact) mass is 484 g/mol. The van der Waals surface area contributed by atoms with E-state index in [0.717, 1.165) is 0 Å². The van der Waals surface area contributed by atoms with Gasteiger partial charge in [-0.2, -0.15) is 31.4 Å². The van der Waals surface area contributed by atoms with Crippen LogP contribution in [0.25, 0.3) is 0 Å². The zero-order valence-electron chi connectivity index (χ0n) is 16.6. The van der Waals surface area contributed by atoms with E-state index in [1.165, 1.54) is 30.3 Å². The number of hydrogen-bond acceptors (Lipinski definition) is 4. The first kappa shape index (κ1) is 23.5. The third kappa shape index (κ3) is 4.42. The lowest BCUT2D eigenvalue weighted by Gasteiger charge is -2.31. The van der Waals surface area contributed by atoms with Crippen molar-refractivity contribution in [1.82, 2.24) is 9.78 Å². The molecule has 5 nitrogen and oxygen atoms in total. The molecule has 1 aliphatic heterocycles. The fourth-order valence-corrected chi connectivity index (χ4v) is 4.10. The summed E-state index contributed by atoms with van der Waals surface area (Å²) in [6, 6.07) is 5.59. The number of carbonyl (C=O) groups is 1. The summed E-state index contributed by atoms with van der Waals surface area (Å²) in [6.45, 7) is -0.437. The summed E-state index contributed by atoms with van der Waals surface area (Å²) < 4.78 is 120. The zero-order chi connectivity index (χ0) is 24.2. The van der Waals surface area contributed by atoms with E-state index in [1.807, 2.05) is 0 Å². The highest BCUT2D eigenvalue weighted by atomic mass is 19.4. The Morgan fingerprint density at radius 2 is 1.79 bits per heavy atom. The summed E-state index contributed by atoms with van der Waals surface area (Å²) in [6.07, 6.45) is -17.1. The van der Waals surface area contributed by atoms with Crippen molar-refractivity contribution < 1.29 is 49.4 Å². The number of esters is 1. The van der Waals surface area contributed by atoms with Gasteiger partial charge < -0.3 is 9.47 Å². The van der Waals surface area contributed by atoms with Crippen LogP contribution in [-0.2, 0) is 22.1 Å².